The van der Waals surface area contributed by atoms with E-state index in [1.54, 1.807) is 6.07 Å². The maximum Gasteiger partial charge on any atom is 0.253 e. The zero-order valence-corrected chi connectivity index (χ0v) is 14.9. The van der Waals surface area contributed by atoms with E-state index in [-0.39, 0.29) is 5.91 Å². The van der Waals surface area contributed by atoms with Crippen LogP contribution in [0.25, 0.3) is 10.9 Å². The van der Waals surface area contributed by atoms with Crippen LogP contribution < -0.4 is 10.2 Å². The summed E-state index contributed by atoms with van der Waals surface area (Å²) in [7, 11) is 0. The van der Waals surface area contributed by atoms with Crippen LogP contribution in [0, 0.1) is 5.92 Å². The van der Waals surface area contributed by atoms with E-state index in [1.807, 2.05) is 24.4 Å². The molecule has 0 unspecified atom stereocenters. The molecular weight excluding hydrogens is 334 g/mol. The Bertz CT molecular complexity index is 827. The molecule has 130 valence electrons. The van der Waals surface area contributed by atoms with Crippen molar-refractivity contribution in [2.24, 2.45) is 5.92 Å². The summed E-state index contributed by atoms with van der Waals surface area (Å²) < 4.78 is 0. The van der Waals surface area contributed by atoms with Crippen molar-refractivity contribution in [1.29, 1.82) is 0 Å². The third-order valence-corrected chi connectivity index (χ3v) is 5.51. The fourth-order valence-electron chi connectivity index (χ4n) is 3.65. The summed E-state index contributed by atoms with van der Waals surface area (Å²) in [4.78, 5) is 19.5. The number of benzene rings is 1. The Hall–Kier alpha value is -2.07. The van der Waals surface area contributed by atoms with Gasteiger partial charge in [0, 0.05) is 24.7 Å². The topological polar surface area (TPSA) is 45.2 Å². The molecule has 0 saturated heterocycles. The average molecular weight is 356 g/mol. The third kappa shape index (κ3) is 3.36. The molecule has 25 heavy (non-hydrogen) atoms. The van der Waals surface area contributed by atoms with Crippen LogP contribution in [0.1, 0.15) is 42.5 Å². The van der Waals surface area contributed by atoms with Gasteiger partial charge in [-0.15, -0.1) is 0 Å². The van der Waals surface area contributed by atoms with Crippen LogP contribution in [0.2, 0.25) is 5.02 Å². The number of aromatic nitrogens is 1. The van der Waals surface area contributed by atoms with Gasteiger partial charge < -0.3 is 10.2 Å². The lowest BCUT2D eigenvalue weighted by Gasteiger charge is -2.24. The number of nitrogens with one attached hydrogen (secondary N) is 1. The second kappa shape index (κ2) is 7.04. The number of nitrogens with zero attached hydrogens (tertiary/aromatic N) is 2. The van der Waals surface area contributed by atoms with E-state index in [2.05, 4.69) is 21.3 Å². The van der Waals surface area contributed by atoms with Gasteiger partial charge in [-0.25, -0.2) is 4.98 Å². The van der Waals surface area contributed by atoms with Crippen molar-refractivity contribution in [1.82, 2.24) is 10.3 Å². The van der Waals surface area contributed by atoms with Crippen LogP contribution in [0.3, 0.4) is 0 Å². The number of anilines is 1. The van der Waals surface area contributed by atoms with E-state index in [0.717, 1.165) is 29.8 Å². The van der Waals surface area contributed by atoms with Crippen molar-refractivity contribution in [3.8, 4) is 0 Å². The summed E-state index contributed by atoms with van der Waals surface area (Å²) in [5, 5.41) is 4.37. The van der Waals surface area contributed by atoms with Gasteiger partial charge in [0.25, 0.3) is 5.91 Å². The van der Waals surface area contributed by atoms with Crippen molar-refractivity contribution in [3.63, 3.8) is 0 Å². The zero-order valence-electron chi connectivity index (χ0n) is 14.2. The molecule has 1 saturated carbocycles. The molecule has 1 N–H and O–H groups in total. The van der Waals surface area contributed by atoms with Gasteiger partial charge in [0.1, 0.15) is 5.82 Å². The predicted molar refractivity (Wildman–Crippen MR) is 102 cm³/mol. The summed E-state index contributed by atoms with van der Waals surface area (Å²) in [5.74, 6) is 1.39. The Balaban J connectivity index is 1.57. The summed E-state index contributed by atoms with van der Waals surface area (Å²) in [5.41, 5.74) is 1.33. The van der Waals surface area contributed by atoms with Crippen LogP contribution in [0.4, 0.5) is 5.82 Å². The van der Waals surface area contributed by atoms with Crippen LogP contribution >= 0.6 is 11.6 Å². The van der Waals surface area contributed by atoms with E-state index < -0.39 is 0 Å². The highest BCUT2D eigenvalue weighted by Crippen LogP contribution is 2.28. The molecule has 1 fully saturated rings. The number of carbonyl (C=O) groups is 1. The largest absolute Gasteiger partial charge is 0.352 e. The SMILES string of the molecule is O=C(NCC1CCCCC1)c1c(Cl)ccc2nc(N3C=CC3)ccc12. The second-order valence-corrected chi connectivity index (χ2v) is 7.32. The minimum atomic E-state index is -0.0976. The Labute approximate surface area is 152 Å². The lowest BCUT2D eigenvalue weighted by atomic mass is 9.89. The third-order valence-electron chi connectivity index (χ3n) is 5.19. The second-order valence-electron chi connectivity index (χ2n) is 6.91. The van der Waals surface area contributed by atoms with Crippen LogP contribution in [-0.4, -0.2) is 24.0 Å². The number of rotatable bonds is 4. The van der Waals surface area contributed by atoms with Gasteiger partial charge in [-0.2, -0.15) is 0 Å². The van der Waals surface area contributed by atoms with Crippen LogP contribution in [-0.2, 0) is 0 Å². The number of fused-ring (bicyclic) bond motifs is 1. The van der Waals surface area contributed by atoms with Crippen LogP contribution in [0.15, 0.2) is 36.5 Å². The molecule has 2 aromatic rings. The molecule has 0 radical (unpaired) electrons. The first-order valence-electron chi connectivity index (χ1n) is 9.03. The number of pyridine rings is 1. The molecule has 4 nitrogen and oxygen atoms in total. The van der Waals surface area contributed by atoms with Crippen LogP contribution in [0.5, 0.6) is 0 Å². The predicted octanol–water partition coefficient (Wildman–Crippen LogP) is 4.53. The van der Waals surface area contributed by atoms with Crippen molar-refractivity contribution in [3.05, 3.63) is 47.1 Å². The Morgan fingerprint density at radius 2 is 2.00 bits per heavy atom. The van der Waals surface area contributed by atoms with Gasteiger partial charge in [-0.3, -0.25) is 4.79 Å². The van der Waals surface area contributed by atoms with Gasteiger partial charge in [0.15, 0.2) is 0 Å². The fourth-order valence-corrected chi connectivity index (χ4v) is 3.91. The summed E-state index contributed by atoms with van der Waals surface area (Å²) in [6.45, 7) is 1.61. The van der Waals surface area contributed by atoms with Crippen molar-refractivity contribution >= 4 is 34.2 Å². The fraction of sp³-hybridized carbons (Fsp3) is 0.400. The number of hydrogen-bond donors (Lipinski definition) is 1. The van der Waals surface area contributed by atoms with Gasteiger partial charge in [-0.1, -0.05) is 30.9 Å². The van der Waals surface area contributed by atoms with Gasteiger partial charge in [0.2, 0.25) is 0 Å². The van der Waals surface area contributed by atoms with Gasteiger partial charge in [0.05, 0.1) is 16.1 Å². The maximum atomic E-state index is 12.8. The molecule has 2 heterocycles. The number of hydrogen-bond acceptors (Lipinski definition) is 3. The minimum absolute atomic E-state index is 0.0976. The average Bonchev–Trinajstić information content (AvgIpc) is 2.59. The molecule has 0 bridgehead atoms. The first kappa shape index (κ1) is 16.4. The normalized spacial score (nSPS) is 17.6. The lowest BCUT2D eigenvalue weighted by Crippen LogP contribution is -2.30. The van der Waals surface area contributed by atoms with Crippen molar-refractivity contribution in [2.45, 2.75) is 32.1 Å². The Kier molecular flexibility index (Phi) is 4.62. The standard InChI is InChI=1S/C20H22ClN3O/c21-16-8-9-17-15(7-10-18(23-17)24-11-4-12-24)19(16)20(25)22-13-14-5-2-1-3-6-14/h4,7-11,14H,1-3,5-6,12-13H2,(H,22,25). The van der Waals surface area contributed by atoms with E-state index in [4.69, 9.17) is 11.6 Å². The molecule has 0 spiro atoms. The van der Waals surface area contributed by atoms with Crippen molar-refractivity contribution < 1.29 is 4.79 Å². The van der Waals surface area contributed by atoms with E-state index in [9.17, 15) is 4.79 Å². The van der Waals surface area contributed by atoms with E-state index in [0.29, 0.717) is 16.5 Å². The quantitative estimate of drug-likeness (QED) is 0.876. The molecule has 2 aliphatic rings. The smallest absolute Gasteiger partial charge is 0.253 e. The summed E-state index contributed by atoms with van der Waals surface area (Å²) in [6, 6.07) is 7.54. The molecule has 1 aromatic carbocycles. The first-order chi connectivity index (χ1) is 12.2. The first-order valence-corrected chi connectivity index (χ1v) is 9.41. The van der Waals surface area contributed by atoms with E-state index in [1.165, 1.54) is 32.1 Å². The maximum absolute atomic E-state index is 12.8. The molecule has 0 atom stereocenters. The molecule has 5 heteroatoms. The molecule has 1 aliphatic carbocycles. The summed E-state index contributed by atoms with van der Waals surface area (Å²) >= 11 is 6.35. The monoisotopic (exact) mass is 355 g/mol. The highest BCUT2D eigenvalue weighted by molar-refractivity contribution is 6.35. The molecule has 1 aromatic heterocycles. The Morgan fingerprint density at radius 3 is 2.72 bits per heavy atom. The number of carbonyl (C=O) groups excluding carboxylic acids is 1. The van der Waals surface area contributed by atoms with Gasteiger partial charge in [-0.05, 0) is 49.1 Å². The summed E-state index contributed by atoms with van der Waals surface area (Å²) in [6.07, 6.45) is 10.4. The molecule has 4 rings (SSSR count). The highest BCUT2D eigenvalue weighted by Gasteiger charge is 2.19. The van der Waals surface area contributed by atoms with E-state index >= 15 is 0 Å². The lowest BCUT2D eigenvalue weighted by molar-refractivity contribution is 0.0945. The number of halogens is 1. The Morgan fingerprint density at radius 1 is 1.20 bits per heavy atom. The zero-order chi connectivity index (χ0) is 17.2. The molecular formula is C20H22ClN3O. The molecule has 1 aliphatic heterocycles. The van der Waals surface area contributed by atoms with Crippen molar-refractivity contribution in [2.75, 3.05) is 18.0 Å². The molecule has 1 amide bonds. The number of amides is 1. The highest BCUT2D eigenvalue weighted by atomic mass is 35.5. The minimum Gasteiger partial charge on any atom is -0.352 e. The van der Waals surface area contributed by atoms with Gasteiger partial charge >= 0.3 is 0 Å².